The first kappa shape index (κ1) is 11.6. The van der Waals surface area contributed by atoms with Crippen molar-refractivity contribution in [2.24, 2.45) is 0 Å². The Morgan fingerprint density at radius 3 is 2.88 bits per heavy atom. The summed E-state index contributed by atoms with van der Waals surface area (Å²) in [5.41, 5.74) is 1.62. The van der Waals surface area contributed by atoms with Crippen LogP contribution >= 0.6 is 0 Å². The summed E-state index contributed by atoms with van der Waals surface area (Å²) in [4.78, 5) is 28.8. The van der Waals surface area contributed by atoms with Crippen LogP contribution in [0.3, 0.4) is 0 Å². The SMILES string of the molecule is CCN1C(=O)CC(Nc2cccnc2C)C1=O. The van der Waals surface area contributed by atoms with Crippen LogP contribution in [0.5, 0.6) is 0 Å². The Balaban J connectivity index is 2.14. The molecule has 2 heterocycles. The number of likely N-dealkylation sites (N-methyl/N-ethyl adjacent to an activating group) is 1. The number of nitrogens with one attached hydrogen (secondary N) is 1. The quantitative estimate of drug-likeness (QED) is 0.789. The normalized spacial score (nSPS) is 19.9. The molecule has 1 aliphatic rings. The van der Waals surface area contributed by atoms with Gasteiger partial charge in [0, 0.05) is 12.7 Å². The third-order valence-corrected chi connectivity index (χ3v) is 2.90. The first-order valence-corrected chi connectivity index (χ1v) is 5.66. The fourth-order valence-corrected chi connectivity index (χ4v) is 1.95. The zero-order valence-electron chi connectivity index (χ0n) is 9.93. The van der Waals surface area contributed by atoms with Crippen molar-refractivity contribution in [2.75, 3.05) is 11.9 Å². The van der Waals surface area contributed by atoms with Crippen LogP contribution in [0.1, 0.15) is 19.0 Å². The highest BCUT2D eigenvalue weighted by atomic mass is 16.2. The smallest absolute Gasteiger partial charge is 0.252 e. The first-order chi connectivity index (χ1) is 8.13. The van der Waals surface area contributed by atoms with E-state index in [2.05, 4.69) is 10.3 Å². The molecule has 1 N–H and O–H groups in total. The van der Waals surface area contributed by atoms with Crippen molar-refractivity contribution in [1.29, 1.82) is 0 Å². The van der Waals surface area contributed by atoms with Crippen LogP contribution in [0.25, 0.3) is 0 Å². The van der Waals surface area contributed by atoms with Crippen molar-refractivity contribution < 1.29 is 9.59 Å². The minimum absolute atomic E-state index is 0.114. The Bertz CT molecular complexity index is 459. The van der Waals surface area contributed by atoms with Gasteiger partial charge in [0.1, 0.15) is 6.04 Å². The Labute approximate surface area is 99.8 Å². The standard InChI is InChI=1S/C12H15N3O2/c1-3-15-11(16)7-10(12(15)17)14-9-5-4-6-13-8(9)2/h4-6,10,14H,3,7H2,1-2H3. The summed E-state index contributed by atoms with van der Waals surface area (Å²) in [7, 11) is 0. The number of anilines is 1. The molecule has 5 heteroatoms. The van der Waals surface area contributed by atoms with Gasteiger partial charge in [-0.3, -0.25) is 19.5 Å². The van der Waals surface area contributed by atoms with Gasteiger partial charge in [-0.25, -0.2) is 0 Å². The molecule has 0 aliphatic carbocycles. The number of pyridine rings is 1. The predicted molar refractivity (Wildman–Crippen MR) is 63.4 cm³/mol. The van der Waals surface area contributed by atoms with Gasteiger partial charge in [-0.1, -0.05) is 0 Å². The van der Waals surface area contributed by atoms with Gasteiger partial charge in [0.05, 0.1) is 17.8 Å². The van der Waals surface area contributed by atoms with Crippen LogP contribution < -0.4 is 5.32 Å². The lowest BCUT2D eigenvalue weighted by molar-refractivity contribution is -0.138. The van der Waals surface area contributed by atoms with E-state index in [1.54, 1.807) is 19.2 Å². The van der Waals surface area contributed by atoms with Gasteiger partial charge in [-0.2, -0.15) is 0 Å². The molecule has 1 fully saturated rings. The van der Waals surface area contributed by atoms with E-state index < -0.39 is 6.04 Å². The van der Waals surface area contributed by atoms with Crippen LogP contribution in [0.4, 0.5) is 5.69 Å². The molecule has 1 saturated heterocycles. The summed E-state index contributed by atoms with van der Waals surface area (Å²) in [6, 6.07) is 3.20. The van der Waals surface area contributed by atoms with Crippen LogP contribution in [0.2, 0.25) is 0 Å². The van der Waals surface area contributed by atoms with E-state index in [-0.39, 0.29) is 18.2 Å². The van der Waals surface area contributed by atoms with Gasteiger partial charge >= 0.3 is 0 Å². The molecule has 1 unspecified atom stereocenters. The molecule has 1 aromatic heterocycles. The summed E-state index contributed by atoms with van der Waals surface area (Å²) in [5.74, 6) is -0.266. The van der Waals surface area contributed by atoms with Gasteiger partial charge in [0.15, 0.2) is 0 Å². The van der Waals surface area contributed by atoms with Crippen LogP contribution in [-0.2, 0) is 9.59 Å². The van der Waals surface area contributed by atoms with Crippen LogP contribution in [0, 0.1) is 6.92 Å². The maximum atomic E-state index is 11.9. The lowest BCUT2D eigenvalue weighted by atomic mass is 10.2. The zero-order valence-corrected chi connectivity index (χ0v) is 9.93. The maximum Gasteiger partial charge on any atom is 0.252 e. The Morgan fingerprint density at radius 1 is 1.53 bits per heavy atom. The fourth-order valence-electron chi connectivity index (χ4n) is 1.95. The third-order valence-electron chi connectivity index (χ3n) is 2.90. The molecule has 1 aliphatic heterocycles. The second-order valence-corrected chi connectivity index (χ2v) is 4.01. The number of nitrogens with zero attached hydrogens (tertiary/aromatic N) is 2. The van der Waals surface area contributed by atoms with E-state index in [1.165, 1.54) is 4.90 Å². The lowest BCUT2D eigenvalue weighted by Gasteiger charge is -2.14. The van der Waals surface area contributed by atoms with Crippen molar-refractivity contribution in [3.8, 4) is 0 Å². The van der Waals surface area contributed by atoms with Crippen molar-refractivity contribution in [2.45, 2.75) is 26.3 Å². The summed E-state index contributed by atoms with van der Waals surface area (Å²) in [6.45, 7) is 4.09. The van der Waals surface area contributed by atoms with E-state index in [4.69, 9.17) is 0 Å². The summed E-state index contributed by atoms with van der Waals surface area (Å²) in [6.07, 6.45) is 1.92. The van der Waals surface area contributed by atoms with E-state index in [0.717, 1.165) is 11.4 Å². The van der Waals surface area contributed by atoms with Gasteiger partial charge in [0.25, 0.3) is 5.91 Å². The van der Waals surface area contributed by atoms with Crippen molar-refractivity contribution in [1.82, 2.24) is 9.88 Å². The third kappa shape index (κ3) is 2.13. The van der Waals surface area contributed by atoms with Gasteiger partial charge < -0.3 is 5.32 Å². The average Bonchev–Trinajstić information content (AvgIpc) is 2.57. The van der Waals surface area contributed by atoms with Crippen molar-refractivity contribution in [3.63, 3.8) is 0 Å². The Hall–Kier alpha value is -1.91. The number of likely N-dealkylation sites (tertiary alicyclic amines) is 1. The summed E-state index contributed by atoms with van der Waals surface area (Å²) >= 11 is 0. The highest BCUT2D eigenvalue weighted by molar-refractivity contribution is 6.06. The monoisotopic (exact) mass is 233 g/mol. The number of hydrogen-bond acceptors (Lipinski definition) is 4. The van der Waals surface area contributed by atoms with E-state index in [9.17, 15) is 9.59 Å². The van der Waals surface area contributed by atoms with Gasteiger partial charge in [-0.15, -0.1) is 0 Å². The highest BCUT2D eigenvalue weighted by Gasteiger charge is 2.37. The number of aryl methyl sites for hydroxylation is 1. The molecule has 0 radical (unpaired) electrons. The molecule has 2 amide bonds. The first-order valence-electron chi connectivity index (χ1n) is 5.66. The molecule has 17 heavy (non-hydrogen) atoms. The topological polar surface area (TPSA) is 62.3 Å². The number of hydrogen-bond donors (Lipinski definition) is 1. The number of imide groups is 1. The molecule has 5 nitrogen and oxygen atoms in total. The second-order valence-electron chi connectivity index (χ2n) is 4.01. The van der Waals surface area contributed by atoms with Crippen molar-refractivity contribution >= 4 is 17.5 Å². The molecule has 90 valence electrons. The molecule has 0 aromatic carbocycles. The zero-order chi connectivity index (χ0) is 12.4. The molecule has 1 aromatic rings. The highest BCUT2D eigenvalue weighted by Crippen LogP contribution is 2.19. The molecular formula is C12H15N3O2. The molecule has 2 rings (SSSR count). The second kappa shape index (κ2) is 4.53. The van der Waals surface area contributed by atoms with Gasteiger partial charge in [-0.05, 0) is 26.0 Å². The largest absolute Gasteiger partial charge is 0.372 e. The number of amides is 2. The van der Waals surface area contributed by atoms with Crippen molar-refractivity contribution in [3.05, 3.63) is 24.0 Å². The predicted octanol–water partition coefficient (Wildman–Crippen LogP) is 0.949. The van der Waals surface area contributed by atoms with Crippen LogP contribution in [0.15, 0.2) is 18.3 Å². The Morgan fingerprint density at radius 2 is 2.29 bits per heavy atom. The van der Waals surface area contributed by atoms with E-state index >= 15 is 0 Å². The maximum absolute atomic E-state index is 11.9. The number of aromatic nitrogens is 1. The Kier molecular flexibility index (Phi) is 3.08. The van der Waals surface area contributed by atoms with Gasteiger partial charge in [0.2, 0.25) is 5.91 Å². The minimum Gasteiger partial charge on any atom is -0.372 e. The van der Waals surface area contributed by atoms with E-state index in [0.29, 0.717) is 6.54 Å². The van der Waals surface area contributed by atoms with E-state index in [1.807, 2.05) is 13.0 Å². The molecule has 0 saturated carbocycles. The molecule has 0 bridgehead atoms. The fraction of sp³-hybridized carbons (Fsp3) is 0.417. The molecule has 1 atom stereocenters. The average molecular weight is 233 g/mol. The number of rotatable bonds is 3. The number of carbonyl (C=O) groups is 2. The lowest BCUT2D eigenvalue weighted by Crippen LogP contribution is -2.34. The van der Waals surface area contributed by atoms with Crippen LogP contribution in [-0.4, -0.2) is 34.3 Å². The minimum atomic E-state index is -0.453. The summed E-state index contributed by atoms with van der Waals surface area (Å²) in [5, 5.41) is 3.08. The number of carbonyl (C=O) groups excluding carboxylic acids is 2. The molecular weight excluding hydrogens is 218 g/mol. The molecule has 0 spiro atoms. The summed E-state index contributed by atoms with van der Waals surface area (Å²) < 4.78 is 0.